The molecule has 3 rings (SSSR count). The number of esters is 1. The Kier molecular flexibility index (Phi) is 6.19. The summed E-state index contributed by atoms with van der Waals surface area (Å²) in [6, 6.07) is 18.1. The summed E-state index contributed by atoms with van der Waals surface area (Å²) in [7, 11) is 1.66. The summed E-state index contributed by atoms with van der Waals surface area (Å²) in [6.07, 6.45) is 3.09. The lowest BCUT2D eigenvalue weighted by molar-refractivity contribution is -0.138. The fourth-order valence-electron chi connectivity index (χ4n) is 3.66. The van der Waals surface area contributed by atoms with Crippen LogP contribution in [0.25, 0.3) is 5.57 Å². The quantitative estimate of drug-likeness (QED) is 0.648. The summed E-state index contributed by atoms with van der Waals surface area (Å²) in [5.74, 6) is 0.518. The van der Waals surface area contributed by atoms with E-state index in [1.807, 2.05) is 68.4 Å². The lowest BCUT2D eigenvalue weighted by Crippen LogP contribution is -2.37. The highest BCUT2D eigenvalue weighted by molar-refractivity contribution is 6.08. The molecular weight excluding hydrogens is 350 g/mol. The van der Waals surface area contributed by atoms with Crippen LogP contribution in [0.3, 0.4) is 0 Å². The summed E-state index contributed by atoms with van der Waals surface area (Å²) in [6.45, 7) is 6.33. The van der Waals surface area contributed by atoms with Crippen LogP contribution >= 0.6 is 0 Å². The molecule has 2 aromatic rings. The molecule has 0 aliphatic carbocycles. The zero-order valence-corrected chi connectivity index (χ0v) is 16.9. The third-order valence-electron chi connectivity index (χ3n) is 5.02. The number of carbonyl (C=O) groups is 1. The zero-order valence-electron chi connectivity index (χ0n) is 16.9. The van der Waals surface area contributed by atoms with Gasteiger partial charge in [0.2, 0.25) is 0 Å². The summed E-state index contributed by atoms with van der Waals surface area (Å²) >= 11 is 0. The van der Waals surface area contributed by atoms with Crippen molar-refractivity contribution in [1.29, 1.82) is 0 Å². The molecule has 0 radical (unpaired) electrons. The number of methoxy groups -OCH3 is 1. The van der Waals surface area contributed by atoms with Gasteiger partial charge in [0.05, 0.1) is 25.3 Å². The molecule has 0 fully saturated rings. The van der Waals surface area contributed by atoms with E-state index in [0.717, 1.165) is 34.7 Å². The highest BCUT2D eigenvalue weighted by atomic mass is 16.5. The van der Waals surface area contributed by atoms with Crippen LogP contribution in [-0.2, 0) is 9.53 Å². The first-order valence-electron chi connectivity index (χ1n) is 9.69. The van der Waals surface area contributed by atoms with Crippen LogP contribution in [0.4, 0.5) is 5.69 Å². The highest BCUT2D eigenvalue weighted by Gasteiger charge is 2.31. The predicted octanol–water partition coefficient (Wildman–Crippen LogP) is 5.21. The Balaban J connectivity index is 2.13. The first-order valence-corrected chi connectivity index (χ1v) is 9.69. The minimum atomic E-state index is -0.289. The molecule has 1 unspecified atom stereocenters. The van der Waals surface area contributed by atoms with Gasteiger partial charge in [0.1, 0.15) is 5.75 Å². The van der Waals surface area contributed by atoms with E-state index in [4.69, 9.17) is 9.47 Å². The minimum Gasteiger partial charge on any atom is -0.497 e. The van der Waals surface area contributed by atoms with E-state index < -0.39 is 0 Å². The molecule has 1 aliphatic rings. The van der Waals surface area contributed by atoms with Crippen molar-refractivity contribution in [3.63, 3.8) is 0 Å². The van der Waals surface area contributed by atoms with E-state index in [1.165, 1.54) is 0 Å². The number of hydrogen-bond acceptors (Lipinski definition) is 4. The number of benzene rings is 2. The van der Waals surface area contributed by atoms with E-state index in [9.17, 15) is 4.79 Å². The number of nitrogens with zero attached hydrogens (tertiary/aromatic N) is 1. The Labute approximate surface area is 167 Å². The highest BCUT2D eigenvalue weighted by Crippen LogP contribution is 2.38. The van der Waals surface area contributed by atoms with Gasteiger partial charge < -0.3 is 14.4 Å². The van der Waals surface area contributed by atoms with E-state index in [-0.39, 0.29) is 12.0 Å². The molecule has 4 heteroatoms. The van der Waals surface area contributed by atoms with Crippen LogP contribution in [0.5, 0.6) is 5.75 Å². The monoisotopic (exact) mass is 377 g/mol. The molecule has 0 amide bonds. The van der Waals surface area contributed by atoms with Crippen molar-refractivity contribution in [2.45, 2.75) is 33.2 Å². The smallest absolute Gasteiger partial charge is 0.340 e. The van der Waals surface area contributed by atoms with Crippen molar-refractivity contribution < 1.29 is 14.3 Å². The van der Waals surface area contributed by atoms with Crippen molar-refractivity contribution >= 4 is 17.2 Å². The molecule has 146 valence electrons. The normalized spacial score (nSPS) is 16.6. The molecule has 4 nitrogen and oxygen atoms in total. The molecule has 0 N–H and O–H groups in total. The summed E-state index contributed by atoms with van der Waals surface area (Å²) in [5.41, 5.74) is 4.51. The van der Waals surface area contributed by atoms with Gasteiger partial charge in [0.15, 0.2) is 0 Å². The fraction of sp³-hybridized carbons (Fsp3) is 0.292. The Bertz CT molecular complexity index is 882. The molecule has 1 atom stereocenters. The van der Waals surface area contributed by atoms with E-state index in [2.05, 4.69) is 17.9 Å². The van der Waals surface area contributed by atoms with Gasteiger partial charge in [-0.2, -0.15) is 0 Å². The van der Waals surface area contributed by atoms with Crippen molar-refractivity contribution in [2.75, 3.05) is 18.6 Å². The molecule has 1 heterocycles. The third kappa shape index (κ3) is 3.81. The number of carbonyl (C=O) groups excluding carboxylic acids is 1. The number of rotatable bonds is 6. The zero-order chi connectivity index (χ0) is 20.1. The second kappa shape index (κ2) is 8.79. The van der Waals surface area contributed by atoms with Crippen LogP contribution in [0.2, 0.25) is 0 Å². The summed E-state index contributed by atoms with van der Waals surface area (Å²) < 4.78 is 10.7. The van der Waals surface area contributed by atoms with Crippen LogP contribution in [-0.4, -0.2) is 25.7 Å². The Morgan fingerprint density at radius 1 is 1.04 bits per heavy atom. The first-order chi connectivity index (χ1) is 13.6. The average Bonchev–Trinajstić information content (AvgIpc) is 2.73. The van der Waals surface area contributed by atoms with Gasteiger partial charge in [-0.3, -0.25) is 0 Å². The lowest BCUT2D eigenvalue weighted by Gasteiger charge is -2.37. The largest absolute Gasteiger partial charge is 0.497 e. The molecule has 28 heavy (non-hydrogen) atoms. The van der Waals surface area contributed by atoms with Crippen LogP contribution < -0.4 is 9.64 Å². The maximum absolute atomic E-state index is 12.9. The van der Waals surface area contributed by atoms with Crippen LogP contribution in [0.1, 0.15) is 32.8 Å². The second-order valence-electron chi connectivity index (χ2n) is 6.67. The van der Waals surface area contributed by atoms with Crippen LogP contribution in [0.15, 0.2) is 71.9 Å². The number of allylic oxidation sites excluding steroid dienone is 1. The molecule has 0 spiro atoms. The molecule has 1 aliphatic heterocycles. The van der Waals surface area contributed by atoms with E-state index in [1.54, 1.807) is 7.11 Å². The number of ether oxygens (including phenoxy) is 2. The first kappa shape index (κ1) is 19.7. The fourth-order valence-corrected chi connectivity index (χ4v) is 3.66. The SMILES string of the molecule is CCOC(=O)C1=C(C)N(c2ccc(OC)cc2)C(CC)C=C1c1ccccc1. The van der Waals surface area contributed by atoms with Gasteiger partial charge in [-0.05, 0) is 55.7 Å². The Morgan fingerprint density at radius 2 is 1.71 bits per heavy atom. The predicted molar refractivity (Wildman–Crippen MR) is 113 cm³/mol. The maximum Gasteiger partial charge on any atom is 0.340 e. The number of hydrogen-bond donors (Lipinski definition) is 0. The minimum absolute atomic E-state index is 0.141. The third-order valence-corrected chi connectivity index (χ3v) is 5.02. The van der Waals surface area contributed by atoms with Gasteiger partial charge in [-0.15, -0.1) is 0 Å². The Hall–Kier alpha value is -3.01. The van der Waals surface area contributed by atoms with Gasteiger partial charge in [0.25, 0.3) is 0 Å². The standard InChI is InChI=1S/C24H27NO3/c1-5-19-16-22(18-10-8-7-9-11-18)23(24(26)28-6-2)17(3)25(19)20-12-14-21(27-4)15-13-20/h7-16,19H,5-6H2,1-4H3. The van der Waals surface area contributed by atoms with Gasteiger partial charge in [-0.25, -0.2) is 4.79 Å². The van der Waals surface area contributed by atoms with Crippen molar-refractivity contribution in [2.24, 2.45) is 0 Å². The molecule has 0 saturated heterocycles. The Morgan fingerprint density at radius 3 is 2.29 bits per heavy atom. The van der Waals surface area contributed by atoms with Gasteiger partial charge in [-0.1, -0.05) is 43.3 Å². The van der Waals surface area contributed by atoms with Crippen LogP contribution in [0, 0.1) is 0 Å². The molecule has 0 aromatic heterocycles. The second-order valence-corrected chi connectivity index (χ2v) is 6.67. The summed E-state index contributed by atoms with van der Waals surface area (Å²) in [5, 5.41) is 0. The van der Waals surface area contributed by atoms with Gasteiger partial charge >= 0.3 is 5.97 Å². The average molecular weight is 377 g/mol. The molecule has 0 saturated carbocycles. The van der Waals surface area contributed by atoms with Crippen molar-refractivity contribution in [1.82, 2.24) is 0 Å². The number of anilines is 1. The van der Waals surface area contributed by atoms with Crippen molar-refractivity contribution in [3.05, 3.63) is 77.5 Å². The van der Waals surface area contributed by atoms with E-state index in [0.29, 0.717) is 12.2 Å². The lowest BCUT2D eigenvalue weighted by atomic mass is 9.89. The summed E-state index contributed by atoms with van der Waals surface area (Å²) in [4.78, 5) is 15.1. The van der Waals surface area contributed by atoms with E-state index >= 15 is 0 Å². The maximum atomic E-state index is 12.9. The topological polar surface area (TPSA) is 38.8 Å². The molecular formula is C24H27NO3. The van der Waals surface area contributed by atoms with Crippen molar-refractivity contribution in [3.8, 4) is 5.75 Å². The molecule has 0 bridgehead atoms. The van der Waals surface area contributed by atoms with Gasteiger partial charge in [0, 0.05) is 11.4 Å². The molecule has 2 aromatic carbocycles.